The molecule has 0 unspecified atom stereocenters. The smallest absolute Gasteiger partial charge is 0.0979 e. The third-order valence-electron chi connectivity index (χ3n) is 2.89. The third-order valence-corrected chi connectivity index (χ3v) is 2.89. The van der Waals surface area contributed by atoms with Crippen molar-refractivity contribution in [2.45, 2.75) is 37.5 Å². The second-order valence-electron chi connectivity index (χ2n) is 3.71. The van der Waals surface area contributed by atoms with Gasteiger partial charge in [0.1, 0.15) is 0 Å². The zero-order chi connectivity index (χ0) is 8.39. The van der Waals surface area contributed by atoms with Gasteiger partial charge in [-0.25, -0.2) is 0 Å². The van der Waals surface area contributed by atoms with E-state index in [4.69, 9.17) is 9.47 Å². The fraction of sp³-hybridized carbons (Fsp3) is 1.00. The van der Waals surface area contributed by atoms with Crippen LogP contribution in [0.4, 0.5) is 0 Å². The maximum atomic E-state index is 5.34. The van der Waals surface area contributed by atoms with E-state index in [2.05, 4.69) is 5.32 Å². The Hall–Kier alpha value is -0.120. The molecule has 0 amide bonds. The monoisotopic (exact) mass is 171 g/mol. The van der Waals surface area contributed by atoms with E-state index in [1.54, 1.807) is 7.11 Å². The molecule has 1 aliphatic carbocycles. The lowest BCUT2D eigenvalue weighted by Crippen LogP contribution is -2.48. The van der Waals surface area contributed by atoms with Crippen LogP contribution in [-0.4, -0.2) is 38.5 Å². The summed E-state index contributed by atoms with van der Waals surface area (Å²) in [4.78, 5) is 0. The van der Waals surface area contributed by atoms with Crippen molar-refractivity contribution >= 4 is 0 Å². The molecule has 0 aromatic heterocycles. The van der Waals surface area contributed by atoms with Crippen LogP contribution in [0, 0.1) is 0 Å². The topological polar surface area (TPSA) is 30.5 Å². The fourth-order valence-electron chi connectivity index (χ4n) is 1.80. The second-order valence-corrected chi connectivity index (χ2v) is 3.71. The van der Waals surface area contributed by atoms with Crippen LogP contribution in [0.5, 0.6) is 0 Å². The Kier molecular flexibility index (Phi) is 2.63. The molecule has 0 bridgehead atoms. The highest BCUT2D eigenvalue weighted by molar-refractivity contribution is 4.87. The van der Waals surface area contributed by atoms with Gasteiger partial charge in [-0.15, -0.1) is 0 Å². The van der Waals surface area contributed by atoms with Gasteiger partial charge >= 0.3 is 0 Å². The maximum absolute atomic E-state index is 5.34. The van der Waals surface area contributed by atoms with Crippen molar-refractivity contribution in [1.29, 1.82) is 0 Å². The number of rotatable bonds is 3. The molecule has 2 aliphatic rings. The van der Waals surface area contributed by atoms with Gasteiger partial charge in [-0.1, -0.05) is 6.42 Å². The highest BCUT2D eigenvalue weighted by atomic mass is 16.5. The minimum absolute atomic E-state index is 0.269. The first kappa shape index (κ1) is 8.48. The van der Waals surface area contributed by atoms with Crippen molar-refractivity contribution in [2.75, 3.05) is 20.3 Å². The highest BCUT2D eigenvalue weighted by Crippen LogP contribution is 2.20. The lowest BCUT2D eigenvalue weighted by atomic mass is 9.92. The van der Waals surface area contributed by atoms with Crippen molar-refractivity contribution in [1.82, 2.24) is 5.32 Å². The number of hydrogen-bond donors (Lipinski definition) is 1. The van der Waals surface area contributed by atoms with Crippen LogP contribution < -0.4 is 5.32 Å². The van der Waals surface area contributed by atoms with Crippen LogP contribution in [-0.2, 0) is 9.47 Å². The van der Waals surface area contributed by atoms with E-state index in [1.807, 2.05) is 0 Å². The molecule has 1 N–H and O–H groups in total. The molecule has 1 aliphatic heterocycles. The normalized spacial score (nSPS) is 36.8. The van der Waals surface area contributed by atoms with Crippen molar-refractivity contribution in [3.8, 4) is 0 Å². The van der Waals surface area contributed by atoms with Gasteiger partial charge in [-0.3, -0.25) is 0 Å². The molecular formula is C9H17NO2. The van der Waals surface area contributed by atoms with E-state index in [1.165, 1.54) is 19.3 Å². The summed E-state index contributed by atoms with van der Waals surface area (Å²) in [6, 6.07) is 1.16. The molecule has 2 fully saturated rings. The summed E-state index contributed by atoms with van der Waals surface area (Å²) in [6.07, 6.45) is 4.30. The molecule has 1 saturated heterocycles. The molecule has 1 heterocycles. The SMILES string of the molecule is CO[C@H]1COC[C@@H]1NC1CCC1. The quantitative estimate of drug-likeness (QED) is 0.672. The molecule has 70 valence electrons. The largest absolute Gasteiger partial charge is 0.377 e. The molecule has 0 radical (unpaired) electrons. The van der Waals surface area contributed by atoms with E-state index in [0.29, 0.717) is 6.04 Å². The number of hydrogen-bond acceptors (Lipinski definition) is 3. The van der Waals surface area contributed by atoms with E-state index >= 15 is 0 Å². The lowest BCUT2D eigenvalue weighted by molar-refractivity contribution is 0.0695. The summed E-state index contributed by atoms with van der Waals surface area (Å²) in [5.74, 6) is 0. The minimum Gasteiger partial charge on any atom is -0.377 e. The van der Waals surface area contributed by atoms with Crippen molar-refractivity contribution in [3.05, 3.63) is 0 Å². The summed E-state index contributed by atoms with van der Waals surface area (Å²) in [5, 5.41) is 3.57. The van der Waals surface area contributed by atoms with E-state index in [9.17, 15) is 0 Å². The summed E-state index contributed by atoms with van der Waals surface area (Å²) >= 11 is 0. The van der Waals surface area contributed by atoms with Crippen molar-refractivity contribution in [2.24, 2.45) is 0 Å². The number of methoxy groups -OCH3 is 1. The van der Waals surface area contributed by atoms with Crippen LogP contribution in [0.2, 0.25) is 0 Å². The van der Waals surface area contributed by atoms with Crippen LogP contribution in [0.25, 0.3) is 0 Å². The molecule has 3 heteroatoms. The zero-order valence-electron chi connectivity index (χ0n) is 7.58. The molecule has 3 nitrogen and oxygen atoms in total. The van der Waals surface area contributed by atoms with Gasteiger partial charge in [0.25, 0.3) is 0 Å². The molecule has 0 aromatic carbocycles. The predicted molar refractivity (Wildman–Crippen MR) is 46.2 cm³/mol. The van der Waals surface area contributed by atoms with Gasteiger partial charge in [0.2, 0.25) is 0 Å². The second kappa shape index (κ2) is 3.73. The Morgan fingerprint density at radius 3 is 2.75 bits per heavy atom. The minimum atomic E-state index is 0.269. The van der Waals surface area contributed by atoms with Gasteiger partial charge in [0.05, 0.1) is 25.4 Å². The first-order chi connectivity index (χ1) is 5.90. The summed E-state index contributed by atoms with van der Waals surface area (Å²) in [7, 11) is 1.76. The molecule has 1 saturated carbocycles. The highest BCUT2D eigenvalue weighted by Gasteiger charge is 2.31. The number of nitrogens with one attached hydrogen (secondary N) is 1. The first-order valence-electron chi connectivity index (χ1n) is 4.76. The Morgan fingerprint density at radius 1 is 1.33 bits per heavy atom. The molecule has 0 spiro atoms. The third kappa shape index (κ3) is 1.63. The van der Waals surface area contributed by atoms with Crippen molar-refractivity contribution in [3.63, 3.8) is 0 Å². The maximum Gasteiger partial charge on any atom is 0.0979 e. The summed E-state index contributed by atoms with van der Waals surface area (Å²) in [6.45, 7) is 1.57. The van der Waals surface area contributed by atoms with Crippen molar-refractivity contribution < 1.29 is 9.47 Å². The standard InChI is InChI=1S/C9H17NO2/c1-11-9-6-12-5-8(9)10-7-3-2-4-7/h7-10H,2-6H2,1H3/t8-,9-/m0/s1. The average Bonchev–Trinajstić information content (AvgIpc) is 2.43. The predicted octanol–water partition coefficient (Wildman–Crippen LogP) is 0.542. The zero-order valence-corrected chi connectivity index (χ0v) is 7.58. The van der Waals surface area contributed by atoms with E-state index < -0.39 is 0 Å². The van der Waals surface area contributed by atoms with Gasteiger partial charge < -0.3 is 14.8 Å². The van der Waals surface area contributed by atoms with Crippen LogP contribution in [0.1, 0.15) is 19.3 Å². The molecular weight excluding hydrogens is 154 g/mol. The Bertz CT molecular complexity index is 147. The van der Waals surface area contributed by atoms with E-state index in [-0.39, 0.29) is 6.10 Å². The molecule has 12 heavy (non-hydrogen) atoms. The number of ether oxygens (including phenoxy) is 2. The van der Waals surface area contributed by atoms with Gasteiger partial charge in [-0.05, 0) is 12.8 Å². The van der Waals surface area contributed by atoms with Gasteiger partial charge in [-0.2, -0.15) is 0 Å². The molecule has 2 atom stereocenters. The van der Waals surface area contributed by atoms with Crippen LogP contribution in [0.15, 0.2) is 0 Å². The van der Waals surface area contributed by atoms with Crippen LogP contribution in [0.3, 0.4) is 0 Å². The summed E-state index contributed by atoms with van der Waals surface area (Å²) < 4.78 is 10.6. The Morgan fingerprint density at radius 2 is 2.17 bits per heavy atom. The summed E-state index contributed by atoms with van der Waals surface area (Å²) in [5.41, 5.74) is 0. The van der Waals surface area contributed by atoms with Crippen LogP contribution >= 0.6 is 0 Å². The molecule has 0 aromatic rings. The lowest BCUT2D eigenvalue weighted by Gasteiger charge is -2.31. The van der Waals surface area contributed by atoms with Gasteiger partial charge in [0.15, 0.2) is 0 Å². The Balaban J connectivity index is 1.77. The average molecular weight is 171 g/mol. The first-order valence-corrected chi connectivity index (χ1v) is 4.76. The Labute approximate surface area is 73.4 Å². The fourth-order valence-corrected chi connectivity index (χ4v) is 1.80. The van der Waals surface area contributed by atoms with Gasteiger partial charge in [0, 0.05) is 13.2 Å². The van der Waals surface area contributed by atoms with E-state index in [0.717, 1.165) is 19.3 Å². The molecule has 2 rings (SSSR count).